The number of nitrogens with zero attached hydrogens (tertiary/aromatic N) is 1. The van der Waals surface area contributed by atoms with Gasteiger partial charge in [-0.05, 0) is 27.2 Å². The number of likely N-dealkylation sites (tertiary alicyclic amines) is 1. The van der Waals surface area contributed by atoms with E-state index in [1.54, 1.807) is 0 Å². The normalized spacial score (nSPS) is 33.8. The average molecular weight is 174 g/mol. The Kier molecular flexibility index (Phi) is 2.74. The second kappa shape index (κ2) is 3.30. The maximum Gasteiger partial charge on any atom is 0.128 e. The van der Waals surface area contributed by atoms with Crippen molar-refractivity contribution in [3.63, 3.8) is 0 Å². The molecular weight excluding hydrogens is 155 g/mol. The van der Waals surface area contributed by atoms with Crippen molar-refractivity contribution in [2.24, 2.45) is 5.73 Å². The topological polar surface area (TPSA) is 29.3 Å². The van der Waals surface area contributed by atoms with Crippen molar-refractivity contribution < 1.29 is 4.39 Å². The van der Waals surface area contributed by atoms with Crippen LogP contribution >= 0.6 is 0 Å². The fourth-order valence-corrected chi connectivity index (χ4v) is 1.53. The lowest BCUT2D eigenvalue weighted by atomic mass is 9.97. The van der Waals surface area contributed by atoms with Crippen LogP contribution in [-0.2, 0) is 0 Å². The molecule has 0 radical (unpaired) electrons. The molecule has 0 amide bonds. The highest BCUT2D eigenvalue weighted by Crippen LogP contribution is 2.20. The molecule has 1 aliphatic rings. The van der Waals surface area contributed by atoms with E-state index >= 15 is 0 Å². The van der Waals surface area contributed by atoms with E-state index in [1.807, 2.05) is 0 Å². The van der Waals surface area contributed by atoms with Gasteiger partial charge >= 0.3 is 0 Å². The van der Waals surface area contributed by atoms with Gasteiger partial charge < -0.3 is 5.73 Å². The van der Waals surface area contributed by atoms with E-state index in [-0.39, 0.29) is 11.6 Å². The fraction of sp³-hybridized carbons (Fsp3) is 1.00. The largest absolute Gasteiger partial charge is 0.325 e. The minimum absolute atomic E-state index is 0.0739. The van der Waals surface area contributed by atoms with Gasteiger partial charge in [-0.1, -0.05) is 0 Å². The highest BCUT2D eigenvalue weighted by Gasteiger charge is 2.31. The first-order chi connectivity index (χ1) is 5.41. The molecule has 0 spiro atoms. The summed E-state index contributed by atoms with van der Waals surface area (Å²) >= 11 is 0. The van der Waals surface area contributed by atoms with Crippen molar-refractivity contribution in [1.29, 1.82) is 0 Å². The number of piperidine rings is 1. The molecule has 0 aromatic rings. The number of halogens is 1. The summed E-state index contributed by atoms with van der Waals surface area (Å²) in [5.41, 5.74) is 5.66. The molecule has 1 rings (SSSR count). The van der Waals surface area contributed by atoms with E-state index in [4.69, 9.17) is 5.73 Å². The van der Waals surface area contributed by atoms with Gasteiger partial charge in [0.05, 0.1) is 0 Å². The molecule has 2 N–H and O–H groups in total. The minimum atomic E-state index is -0.849. The molecule has 0 saturated carbocycles. The third kappa shape index (κ3) is 2.17. The number of rotatable bonds is 0. The smallest absolute Gasteiger partial charge is 0.128 e. The Balaban J connectivity index is 2.51. The molecule has 0 aromatic heterocycles. The monoisotopic (exact) mass is 174 g/mol. The molecule has 1 fully saturated rings. The van der Waals surface area contributed by atoms with Crippen LogP contribution < -0.4 is 5.73 Å². The molecule has 2 nitrogen and oxygen atoms in total. The standard InChI is InChI=1S/C9H19FN2/c1-9(2,3)12-5-4-8(11)7(10)6-12/h7-8H,4-6,11H2,1-3H3/t7-,8+/m1/s1. The van der Waals surface area contributed by atoms with Gasteiger partial charge in [0.15, 0.2) is 0 Å². The van der Waals surface area contributed by atoms with Crippen LogP contribution in [0.4, 0.5) is 4.39 Å². The Hall–Kier alpha value is -0.150. The SMILES string of the molecule is CC(C)(C)N1CC[C@H](N)[C@H](F)C1. The molecule has 72 valence electrons. The quantitative estimate of drug-likeness (QED) is 0.597. The van der Waals surface area contributed by atoms with Gasteiger partial charge in [0, 0.05) is 24.7 Å². The Labute approximate surface area is 73.9 Å². The zero-order valence-electron chi connectivity index (χ0n) is 8.18. The summed E-state index contributed by atoms with van der Waals surface area (Å²) in [6.07, 6.45) is -0.0729. The number of hydrogen-bond donors (Lipinski definition) is 1. The van der Waals surface area contributed by atoms with Crippen molar-refractivity contribution >= 4 is 0 Å². The number of nitrogens with two attached hydrogens (primary N) is 1. The lowest BCUT2D eigenvalue weighted by Crippen LogP contribution is -2.54. The molecule has 3 heteroatoms. The summed E-state index contributed by atoms with van der Waals surface area (Å²) in [5.74, 6) is 0. The Morgan fingerprint density at radius 2 is 2.00 bits per heavy atom. The summed E-state index contributed by atoms with van der Waals surface area (Å²) < 4.78 is 13.2. The van der Waals surface area contributed by atoms with Crippen LogP contribution in [0.2, 0.25) is 0 Å². The lowest BCUT2D eigenvalue weighted by molar-refractivity contribution is 0.0511. The summed E-state index contributed by atoms with van der Waals surface area (Å²) in [7, 11) is 0. The third-order valence-corrected chi connectivity index (χ3v) is 2.54. The van der Waals surface area contributed by atoms with Gasteiger partial charge in [0.25, 0.3) is 0 Å². The summed E-state index contributed by atoms with van der Waals surface area (Å²) in [6.45, 7) is 7.74. The highest BCUT2D eigenvalue weighted by molar-refractivity contribution is 4.88. The van der Waals surface area contributed by atoms with Crippen LogP contribution in [0.3, 0.4) is 0 Å². The molecular formula is C9H19FN2. The second-order valence-electron chi connectivity index (χ2n) is 4.59. The lowest BCUT2D eigenvalue weighted by Gasteiger charge is -2.41. The molecule has 0 unspecified atom stereocenters. The van der Waals surface area contributed by atoms with Gasteiger partial charge in [-0.25, -0.2) is 4.39 Å². The Morgan fingerprint density at radius 1 is 1.42 bits per heavy atom. The van der Waals surface area contributed by atoms with E-state index in [1.165, 1.54) is 0 Å². The zero-order valence-corrected chi connectivity index (χ0v) is 8.18. The first kappa shape index (κ1) is 9.93. The molecule has 0 aliphatic carbocycles. The maximum absolute atomic E-state index is 13.2. The highest BCUT2D eigenvalue weighted by atomic mass is 19.1. The van der Waals surface area contributed by atoms with E-state index < -0.39 is 6.17 Å². The van der Waals surface area contributed by atoms with Gasteiger partial charge in [-0.2, -0.15) is 0 Å². The molecule has 0 bridgehead atoms. The van der Waals surface area contributed by atoms with E-state index in [9.17, 15) is 4.39 Å². The molecule has 12 heavy (non-hydrogen) atoms. The fourth-order valence-electron chi connectivity index (χ4n) is 1.53. The molecule has 2 atom stereocenters. The van der Waals surface area contributed by atoms with Crippen molar-refractivity contribution in [3.8, 4) is 0 Å². The van der Waals surface area contributed by atoms with E-state index in [0.29, 0.717) is 6.54 Å². The van der Waals surface area contributed by atoms with E-state index in [2.05, 4.69) is 25.7 Å². The van der Waals surface area contributed by atoms with Gasteiger partial charge in [0.1, 0.15) is 6.17 Å². The van der Waals surface area contributed by atoms with Crippen LogP contribution in [0.1, 0.15) is 27.2 Å². The van der Waals surface area contributed by atoms with Gasteiger partial charge in [0.2, 0.25) is 0 Å². The maximum atomic E-state index is 13.2. The number of alkyl halides is 1. The first-order valence-corrected chi connectivity index (χ1v) is 4.56. The van der Waals surface area contributed by atoms with Crippen LogP contribution in [0.15, 0.2) is 0 Å². The minimum Gasteiger partial charge on any atom is -0.325 e. The predicted octanol–water partition coefficient (Wildman–Crippen LogP) is 1.16. The molecule has 1 aliphatic heterocycles. The molecule has 1 heterocycles. The van der Waals surface area contributed by atoms with Crippen molar-refractivity contribution in [2.45, 2.75) is 44.9 Å². The van der Waals surface area contributed by atoms with Crippen LogP contribution in [0, 0.1) is 0 Å². The predicted molar refractivity (Wildman–Crippen MR) is 48.8 cm³/mol. The van der Waals surface area contributed by atoms with Crippen molar-refractivity contribution in [1.82, 2.24) is 4.90 Å². The molecule has 0 aromatic carbocycles. The van der Waals surface area contributed by atoms with Crippen LogP contribution in [0.25, 0.3) is 0 Å². The summed E-state index contributed by atoms with van der Waals surface area (Å²) in [6, 6.07) is -0.247. The Morgan fingerprint density at radius 3 is 2.42 bits per heavy atom. The number of hydrogen-bond acceptors (Lipinski definition) is 2. The van der Waals surface area contributed by atoms with Gasteiger partial charge in [-0.3, -0.25) is 4.90 Å². The Bertz CT molecular complexity index is 153. The summed E-state index contributed by atoms with van der Waals surface area (Å²) in [5, 5.41) is 0. The van der Waals surface area contributed by atoms with Crippen LogP contribution in [0.5, 0.6) is 0 Å². The van der Waals surface area contributed by atoms with Crippen molar-refractivity contribution in [2.75, 3.05) is 13.1 Å². The van der Waals surface area contributed by atoms with E-state index in [0.717, 1.165) is 13.0 Å². The zero-order chi connectivity index (χ0) is 9.35. The summed E-state index contributed by atoms with van der Waals surface area (Å²) in [4.78, 5) is 2.15. The third-order valence-electron chi connectivity index (χ3n) is 2.54. The van der Waals surface area contributed by atoms with Crippen LogP contribution in [-0.4, -0.2) is 35.7 Å². The second-order valence-corrected chi connectivity index (χ2v) is 4.59. The van der Waals surface area contributed by atoms with Crippen molar-refractivity contribution in [3.05, 3.63) is 0 Å². The molecule has 1 saturated heterocycles. The van der Waals surface area contributed by atoms with Gasteiger partial charge in [-0.15, -0.1) is 0 Å². The average Bonchev–Trinajstić information content (AvgIpc) is 1.92. The first-order valence-electron chi connectivity index (χ1n) is 4.56.